The number of benzene rings is 3. The van der Waals surface area contributed by atoms with E-state index < -0.39 is 28.3 Å². The zero-order valence-corrected chi connectivity index (χ0v) is 18.0. The Hall–Kier alpha value is -3.04. The summed E-state index contributed by atoms with van der Waals surface area (Å²) in [7, 11) is -4.18. The van der Waals surface area contributed by atoms with Gasteiger partial charge in [0.05, 0.1) is 16.8 Å². The van der Waals surface area contributed by atoms with E-state index in [-0.39, 0.29) is 10.6 Å². The van der Waals surface area contributed by atoms with E-state index in [1.54, 1.807) is 30.3 Å². The summed E-state index contributed by atoms with van der Waals surface area (Å²) in [6, 6.07) is 20.1. The van der Waals surface area contributed by atoms with Gasteiger partial charge in [0.1, 0.15) is 12.4 Å². The molecule has 0 spiro atoms. The van der Waals surface area contributed by atoms with Crippen LogP contribution in [0, 0.1) is 5.82 Å². The SMILES string of the molecule is O=C(CN(c1ccccc1F)S(=O)(=O)c1ccccc1)N/N=C\c1ccc(Br)cc1. The van der Waals surface area contributed by atoms with Gasteiger partial charge < -0.3 is 0 Å². The highest BCUT2D eigenvalue weighted by Crippen LogP contribution is 2.25. The van der Waals surface area contributed by atoms with Crippen LogP contribution in [0.5, 0.6) is 0 Å². The van der Waals surface area contributed by atoms with Crippen molar-refractivity contribution in [3.8, 4) is 0 Å². The highest BCUT2D eigenvalue weighted by atomic mass is 79.9. The van der Waals surface area contributed by atoms with E-state index in [1.807, 2.05) is 12.1 Å². The van der Waals surface area contributed by atoms with Crippen molar-refractivity contribution in [1.82, 2.24) is 5.43 Å². The third-order valence-corrected chi connectivity index (χ3v) is 6.32. The number of hydrogen-bond acceptors (Lipinski definition) is 4. The van der Waals surface area contributed by atoms with E-state index in [4.69, 9.17) is 0 Å². The number of rotatable bonds is 7. The first-order chi connectivity index (χ1) is 14.4. The highest BCUT2D eigenvalue weighted by molar-refractivity contribution is 9.10. The third kappa shape index (κ3) is 5.31. The maximum atomic E-state index is 14.4. The molecule has 3 aromatic rings. The molecule has 0 aromatic heterocycles. The Morgan fingerprint density at radius 2 is 1.63 bits per heavy atom. The van der Waals surface area contributed by atoms with Crippen molar-refractivity contribution >= 4 is 43.8 Å². The minimum atomic E-state index is -4.18. The van der Waals surface area contributed by atoms with Crippen LogP contribution >= 0.6 is 15.9 Å². The molecule has 3 aromatic carbocycles. The van der Waals surface area contributed by atoms with Crippen LogP contribution in [0.15, 0.2) is 93.3 Å². The lowest BCUT2D eigenvalue weighted by molar-refractivity contribution is -0.119. The molecule has 0 saturated carbocycles. The monoisotopic (exact) mass is 489 g/mol. The first kappa shape index (κ1) is 21.7. The molecule has 0 heterocycles. The van der Waals surface area contributed by atoms with E-state index in [0.717, 1.165) is 20.4 Å². The lowest BCUT2D eigenvalue weighted by atomic mass is 10.2. The minimum Gasteiger partial charge on any atom is -0.271 e. The molecule has 0 fully saturated rings. The molecule has 0 unspecified atom stereocenters. The van der Waals surface area contributed by atoms with Crippen LogP contribution in [-0.4, -0.2) is 27.1 Å². The Morgan fingerprint density at radius 1 is 1.00 bits per heavy atom. The van der Waals surface area contributed by atoms with Crippen LogP contribution in [0.1, 0.15) is 5.56 Å². The standard InChI is InChI=1S/C21H17BrFN3O3S/c22-17-12-10-16(11-13-17)14-24-25-21(27)15-26(20-9-5-4-8-19(20)23)30(28,29)18-6-2-1-3-7-18/h1-14H,15H2,(H,25,27)/b24-14-. The Bertz CT molecular complexity index is 1150. The fraction of sp³-hybridized carbons (Fsp3) is 0.0476. The fourth-order valence-corrected chi connectivity index (χ4v) is 4.28. The lowest BCUT2D eigenvalue weighted by Gasteiger charge is -2.24. The van der Waals surface area contributed by atoms with E-state index in [2.05, 4.69) is 26.5 Å². The van der Waals surface area contributed by atoms with Crippen molar-refractivity contribution in [3.05, 3.63) is 94.7 Å². The number of nitrogens with zero attached hydrogens (tertiary/aromatic N) is 2. The van der Waals surface area contributed by atoms with Crippen molar-refractivity contribution in [2.24, 2.45) is 5.10 Å². The number of halogens is 2. The van der Waals surface area contributed by atoms with Gasteiger partial charge in [0.25, 0.3) is 15.9 Å². The molecule has 0 aliphatic rings. The molecule has 154 valence electrons. The van der Waals surface area contributed by atoms with Crippen molar-refractivity contribution in [2.45, 2.75) is 4.90 Å². The van der Waals surface area contributed by atoms with Crippen molar-refractivity contribution < 1.29 is 17.6 Å². The van der Waals surface area contributed by atoms with Crippen molar-refractivity contribution in [2.75, 3.05) is 10.8 Å². The predicted molar refractivity (Wildman–Crippen MR) is 117 cm³/mol. The van der Waals surface area contributed by atoms with E-state index in [1.165, 1.54) is 36.5 Å². The van der Waals surface area contributed by atoms with Gasteiger partial charge in [0.2, 0.25) is 0 Å². The summed E-state index contributed by atoms with van der Waals surface area (Å²) >= 11 is 3.32. The molecule has 0 atom stereocenters. The van der Waals surface area contributed by atoms with E-state index >= 15 is 0 Å². The molecule has 9 heteroatoms. The topological polar surface area (TPSA) is 78.8 Å². The highest BCUT2D eigenvalue weighted by Gasteiger charge is 2.28. The quantitative estimate of drug-likeness (QED) is 0.403. The van der Waals surface area contributed by atoms with Crippen molar-refractivity contribution in [1.29, 1.82) is 0 Å². The molecule has 0 aliphatic heterocycles. The van der Waals surface area contributed by atoms with E-state index in [0.29, 0.717) is 0 Å². The molecular weight excluding hydrogens is 473 g/mol. The Labute approximate surface area is 182 Å². The first-order valence-electron chi connectivity index (χ1n) is 8.78. The normalized spacial score (nSPS) is 11.4. The number of hydrogen-bond donors (Lipinski definition) is 1. The molecule has 1 N–H and O–H groups in total. The zero-order chi connectivity index (χ0) is 21.6. The second kappa shape index (κ2) is 9.64. The zero-order valence-electron chi connectivity index (χ0n) is 15.6. The number of carbonyl (C=O) groups is 1. The fourth-order valence-electron chi connectivity index (χ4n) is 2.57. The van der Waals surface area contributed by atoms with Crippen LogP contribution in [-0.2, 0) is 14.8 Å². The molecule has 0 radical (unpaired) electrons. The molecule has 6 nitrogen and oxygen atoms in total. The molecule has 0 saturated heterocycles. The number of anilines is 1. The number of carbonyl (C=O) groups excluding carboxylic acids is 1. The van der Waals surface area contributed by atoms with Crippen molar-refractivity contribution in [3.63, 3.8) is 0 Å². The smallest absolute Gasteiger partial charge is 0.264 e. The molecule has 0 bridgehead atoms. The van der Waals surface area contributed by atoms with Gasteiger partial charge in [-0.2, -0.15) is 5.10 Å². The van der Waals surface area contributed by atoms with Crippen LogP contribution in [0.3, 0.4) is 0 Å². The van der Waals surface area contributed by atoms with Gasteiger partial charge in [-0.25, -0.2) is 18.2 Å². The van der Waals surface area contributed by atoms with Crippen LogP contribution < -0.4 is 9.73 Å². The van der Waals surface area contributed by atoms with Gasteiger partial charge in [0, 0.05) is 4.47 Å². The van der Waals surface area contributed by atoms with Gasteiger partial charge in [-0.05, 0) is 42.0 Å². The van der Waals surface area contributed by atoms with E-state index in [9.17, 15) is 17.6 Å². The lowest BCUT2D eigenvalue weighted by Crippen LogP contribution is -2.40. The molecule has 1 amide bonds. The van der Waals surface area contributed by atoms with Gasteiger partial charge in [-0.3, -0.25) is 9.10 Å². The Morgan fingerprint density at radius 3 is 2.30 bits per heavy atom. The van der Waals surface area contributed by atoms with Gasteiger partial charge >= 0.3 is 0 Å². The molecule has 3 rings (SSSR count). The summed E-state index contributed by atoms with van der Waals surface area (Å²) in [6.45, 7) is -0.643. The molecular formula is C21H17BrFN3O3S. The Kier molecular flexibility index (Phi) is 6.96. The second-order valence-corrected chi connectivity index (χ2v) is 8.90. The van der Waals surface area contributed by atoms with Crippen LogP contribution in [0.25, 0.3) is 0 Å². The predicted octanol–water partition coefficient (Wildman–Crippen LogP) is 3.93. The number of sulfonamides is 1. The second-order valence-electron chi connectivity index (χ2n) is 6.12. The van der Waals surface area contributed by atoms with Crippen LogP contribution in [0.4, 0.5) is 10.1 Å². The summed E-state index contributed by atoms with van der Waals surface area (Å²) in [5, 5.41) is 3.84. The average molecular weight is 490 g/mol. The summed E-state index contributed by atoms with van der Waals surface area (Å²) in [5.41, 5.74) is 2.79. The number of para-hydroxylation sites is 1. The van der Waals surface area contributed by atoms with Gasteiger partial charge in [0.15, 0.2) is 0 Å². The number of amides is 1. The van der Waals surface area contributed by atoms with Gasteiger partial charge in [-0.1, -0.05) is 58.4 Å². The summed E-state index contributed by atoms with van der Waals surface area (Å²) in [6.07, 6.45) is 1.42. The first-order valence-corrected chi connectivity index (χ1v) is 11.0. The largest absolute Gasteiger partial charge is 0.271 e. The third-order valence-electron chi connectivity index (χ3n) is 4.01. The number of nitrogens with one attached hydrogen (secondary N) is 1. The Balaban J connectivity index is 1.83. The molecule has 30 heavy (non-hydrogen) atoms. The minimum absolute atomic E-state index is 0.0561. The van der Waals surface area contributed by atoms with Gasteiger partial charge in [-0.15, -0.1) is 0 Å². The maximum Gasteiger partial charge on any atom is 0.264 e. The average Bonchev–Trinajstić information content (AvgIpc) is 2.75. The summed E-state index contributed by atoms with van der Waals surface area (Å²) in [4.78, 5) is 12.3. The number of hydrazone groups is 1. The maximum absolute atomic E-state index is 14.4. The molecule has 0 aliphatic carbocycles. The van der Waals surface area contributed by atoms with Crippen LogP contribution in [0.2, 0.25) is 0 Å². The summed E-state index contributed by atoms with van der Waals surface area (Å²) in [5.74, 6) is -1.48. The summed E-state index contributed by atoms with van der Waals surface area (Å²) < 4.78 is 42.2.